The van der Waals surface area contributed by atoms with Gasteiger partial charge in [0.05, 0.1) is 17.2 Å². The highest BCUT2D eigenvalue weighted by atomic mass is 127. The highest BCUT2D eigenvalue weighted by Crippen LogP contribution is 2.41. The minimum absolute atomic E-state index is 0. The molecule has 0 saturated heterocycles. The summed E-state index contributed by atoms with van der Waals surface area (Å²) >= 11 is 4.72. The molecule has 2 N–H and O–H groups in total. The highest BCUT2D eigenvalue weighted by molar-refractivity contribution is 9.10. The van der Waals surface area contributed by atoms with E-state index in [0.717, 1.165) is 28.2 Å². The molecule has 1 unspecified atom stereocenters. The maximum absolute atomic E-state index is 15.3. The lowest BCUT2D eigenvalue weighted by molar-refractivity contribution is -0.753. The van der Waals surface area contributed by atoms with Crippen molar-refractivity contribution in [2.75, 3.05) is 25.5 Å². The van der Waals surface area contributed by atoms with E-state index in [-0.39, 0.29) is 67.5 Å². The molecule has 0 radical (unpaired) electrons. The van der Waals surface area contributed by atoms with Gasteiger partial charge in [-0.05, 0) is 43.4 Å². The molecule has 2 aromatic carbocycles. The van der Waals surface area contributed by atoms with Crippen LogP contribution in [0.2, 0.25) is 0 Å². The second kappa shape index (κ2) is 18.9. The SMILES string of the molecule is CNCC(=O)OCc1cccnc1N(C)C(=O)OC(C)[n+]1cnn(C[C@](O)(c2cc(F)ccc2F)[C@@H](C)c2nc(-c3ccc(Br)cc3)cs2)c1.Cl.[I-]. The first-order chi connectivity index (χ1) is 23.9. The first-order valence-electron chi connectivity index (χ1n) is 15.4. The van der Waals surface area contributed by atoms with E-state index >= 15 is 4.39 Å². The van der Waals surface area contributed by atoms with Gasteiger partial charge in [0.15, 0.2) is 0 Å². The summed E-state index contributed by atoms with van der Waals surface area (Å²) < 4.78 is 44.5. The van der Waals surface area contributed by atoms with Gasteiger partial charge < -0.3 is 43.9 Å². The summed E-state index contributed by atoms with van der Waals surface area (Å²) in [7, 11) is 3.10. The van der Waals surface area contributed by atoms with E-state index in [1.807, 2.05) is 29.6 Å². The summed E-state index contributed by atoms with van der Waals surface area (Å²) in [4.78, 5) is 35.2. The number of halogens is 5. The molecule has 5 rings (SSSR count). The zero-order valence-electron chi connectivity index (χ0n) is 28.4. The zero-order valence-corrected chi connectivity index (χ0v) is 33.7. The van der Waals surface area contributed by atoms with Gasteiger partial charge in [0, 0.05) is 57.7 Å². The molecule has 3 atom stereocenters. The smallest absolute Gasteiger partial charge is 0.418 e. The summed E-state index contributed by atoms with van der Waals surface area (Å²) in [6.45, 7) is 2.94. The third-order valence-corrected chi connectivity index (χ3v) is 9.56. The van der Waals surface area contributed by atoms with Crippen molar-refractivity contribution >= 4 is 57.6 Å². The van der Waals surface area contributed by atoms with Crippen LogP contribution in [-0.4, -0.2) is 57.6 Å². The van der Waals surface area contributed by atoms with Crippen LogP contribution in [0.3, 0.4) is 0 Å². The van der Waals surface area contributed by atoms with Crippen LogP contribution in [0, 0.1) is 11.6 Å². The average Bonchev–Trinajstić information content (AvgIpc) is 3.79. The number of nitrogens with zero attached hydrogens (tertiary/aromatic N) is 6. The molecule has 0 saturated carbocycles. The standard InChI is InChI=1S/C34H35BrF2N7O5S.ClH.HI/c1-21(32-41-29(17-50-32)23-7-9-25(35)10-8-23)34(47,27-14-26(36)11-12-28(27)37)18-44-20-43(19-40-44)22(2)49-33(46)42(4)31-24(6-5-13-39-31)16-48-30(45)15-38-3;;/h5-14,17,19-22,38,47H,15-16,18H2,1-4H3;2*1H/q+1;;/p-1/t21-,22?,34+;;/m0../s1. The molecule has 0 aliphatic carbocycles. The first-order valence-corrected chi connectivity index (χ1v) is 17.1. The Balaban J connectivity index is 0.00000364. The lowest BCUT2D eigenvalue weighted by Gasteiger charge is -2.32. The number of pyridine rings is 1. The van der Waals surface area contributed by atoms with Crippen LogP contribution < -0.4 is 38.8 Å². The van der Waals surface area contributed by atoms with E-state index < -0.39 is 41.4 Å². The number of carbonyl (C=O) groups excluding carboxylic acids is 2. The topological polar surface area (TPSA) is 136 Å². The third kappa shape index (κ3) is 10.1. The van der Waals surface area contributed by atoms with E-state index in [1.165, 1.54) is 51.4 Å². The van der Waals surface area contributed by atoms with Gasteiger partial charge in [0.2, 0.25) is 12.6 Å². The van der Waals surface area contributed by atoms with Gasteiger partial charge in [0.25, 0.3) is 6.33 Å². The Morgan fingerprint density at radius 1 is 1.17 bits per heavy atom. The van der Waals surface area contributed by atoms with Gasteiger partial charge in [-0.3, -0.25) is 9.69 Å². The zero-order chi connectivity index (χ0) is 36.0. The average molecular weight is 935 g/mol. The summed E-state index contributed by atoms with van der Waals surface area (Å²) in [5, 5.41) is 21.6. The Kier molecular flexibility index (Phi) is 15.6. The van der Waals surface area contributed by atoms with Gasteiger partial charge in [-0.1, -0.05) is 41.1 Å². The fraction of sp³-hybridized carbons (Fsp3) is 0.294. The Bertz CT molecular complexity index is 1970. The molecule has 3 heterocycles. The number of aliphatic hydroxyl groups is 1. The molecule has 0 aliphatic heterocycles. The van der Waals surface area contributed by atoms with Crippen molar-refractivity contribution in [2.24, 2.45) is 0 Å². The predicted octanol–water partition coefficient (Wildman–Crippen LogP) is 2.90. The van der Waals surface area contributed by atoms with Crippen LogP contribution in [0.15, 0.2) is 83.3 Å². The lowest BCUT2D eigenvalue weighted by Crippen LogP contribution is -3.00. The minimum Gasteiger partial charge on any atom is -1.00 e. The summed E-state index contributed by atoms with van der Waals surface area (Å²) in [5.41, 5.74) is -0.227. The number of hydrogen-bond acceptors (Lipinski definition) is 10. The van der Waals surface area contributed by atoms with E-state index in [4.69, 9.17) is 14.5 Å². The second-order valence-electron chi connectivity index (χ2n) is 11.5. The summed E-state index contributed by atoms with van der Waals surface area (Å²) in [6, 6.07) is 13.8. The van der Waals surface area contributed by atoms with Crippen LogP contribution in [0.5, 0.6) is 0 Å². The van der Waals surface area contributed by atoms with Crippen molar-refractivity contribution in [1.29, 1.82) is 0 Å². The number of aromatic nitrogens is 5. The number of ether oxygens (including phenoxy) is 2. The van der Waals surface area contributed by atoms with E-state index in [2.05, 4.69) is 31.3 Å². The lowest BCUT2D eigenvalue weighted by atomic mass is 9.82. The molecule has 5 aromatic rings. The van der Waals surface area contributed by atoms with Crippen molar-refractivity contribution in [3.63, 3.8) is 0 Å². The van der Waals surface area contributed by atoms with Gasteiger partial charge in [-0.25, -0.2) is 23.5 Å². The molecule has 18 heteroatoms. The molecule has 0 spiro atoms. The van der Waals surface area contributed by atoms with Gasteiger partial charge in [-0.2, -0.15) is 4.57 Å². The largest absolute Gasteiger partial charge is 1.00 e. The number of amides is 1. The normalized spacial score (nSPS) is 13.2. The summed E-state index contributed by atoms with van der Waals surface area (Å²) in [5.74, 6) is -2.53. The number of rotatable bonds is 13. The van der Waals surface area contributed by atoms with Crippen molar-refractivity contribution in [3.8, 4) is 11.3 Å². The molecule has 3 aromatic heterocycles. The number of anilines is 1. The van der Waals surface area contributed by atoms with Crippen molar-refractivity contribution in [2.45, 2.75) is 44.7 Å². The van der Waals surface area contributed by atoms with Crippen LogP contribution in [-0.2, 0) is 33.0 Å². The molecule has 0 bridgehead atoms. The maximum atomic E-state index is 15.3. The van der Waals surface area contributed by atoms with E-state index in [9.17, 15) is 19.1 Å². The Morgan fingerprint density at radius 2 is 1.90 bits per heavy atom. The molecule has 0 aliphatic rings. The van der Waals surface area contributed by atoms with Crippen molar-refractivity contribution in [1.82, 2.24) is 25.1 Å². The molecule has 1 amide bonds. The number of carbonyl (C=O) groups is 2. The van der Waals surface area contributed by atoms with Gasteiger partial charge >= 0.3 is 12.1 Å². The van der Waals surface area contributed by atoms with Crippen LogP contribution in [0.25, 0.3) is 11.3 Å². The number of benzene rings is 2. The molecule has 278 valence electrons. The van der Waals surface area contributed by atoms with Crippen LogP contribution in [0.4, 0.5) is 19.4 Å². The Hall–Kier alpha value is -3.62. The number of hydrogen-bond donors (Lipinski definition) is 2. The predicted molar refractivity (Wildman–Crippen MR) is 191 cm³/mol. The van der Waals surface area contributed by atoms with Crippen molar-refractivity contribution < 1.29 is 61.5 Å². The molecular formula is C34H36BrClF2IN7O5S. The first kappa shape index (κ1) is 42.8. The quantitative estimate of drug-likeness (QED) is 0.104. The molecular weight excluding hydrogens is 899 g/mol. The van der Waals surface area contributed by atoms with Crippen LogP contribution in [0.1, 0.15) is 42.1 Å². The maximum Gasteiger partial charge on any atom is 0.418 e. The molecule has 0 fully saturated rings. The Morgan fingerprint density at radius 3 is 2.62 bits per heavy atom. The van der Waals surface area contributed by atoms with E-state index in [1.54, 1.807) is 33.0 Å². The molecule has 52 heavy (non-hydrogen) atoms. The summed E-state index contributed by atoms with van der Waals surface area (Å²) in [6.07, 6.45) is 2.72. The minimum atomic E-state index is -2.00. The number of thiazole rings is 1. The van der Waals surface area contributed by atoms with Gasteiger partial charge in [-0.15, -0.1) is 28.4 Å². The van der Waals surface area contributed by atoms with E-state index in [0.29, 0.717) is 16.3 Å². The Labute approximate surface area is 334 Å². The third-order valence-electron chi connectivity index (χ3n) is 8.01. The fourth-order valence-corrected chi connectivity index (χ4v) is 6.39. The highest BCUT2D eigenvalue weighted by Gasteiger charge is 2.43. The second-order valence-corrected chi connectivity index (χ2v) is 13.3. The monoisotopic (exact) mass is 933 g/mol. The number of nitrogens with one attached hydrogen (secondary N) is 1. The fourth-order valence-electron chi connectivity index (χ4n) is 5.16. The number of esters is 1. The van der Waals surface area contributed by atoms with Crippen LogP contribution >= 0.6 is 39.7 Å². The van der Waals surface area contributed by atoms with Crippen molar-refractivity contribution in [3.05, 3.63) is 111 Å². The van der Waals surface area contributed by atoms with Gasteiger partial charge in [0.1, 0.15) is 36.2 Å². The molecule has 12 nitrogen and oxygen atoms in total. The number of likely N-dealkylation sites (N-methyl/N-ethyl adjacent to an activating group) is 1.